The minimum Gasteiger partial charge on any atom is -0.361 e. The Hall–Kier alpha value is -1.28. The molecule has 0 unspecified atom stereocenters. The van der Waals surface area contributed by atoms with Crippen molar-refractivity contribution in [3.63, 3.8) is 0 Å². The molecule has 0 spiro atoms. The molecule has 2 nitrogen and oxygen atoms in total. The second kappa shape index (κ2) is 4.43. The number of fused-ring (bicyclic) bond motifs is 1. The maximum absolute atomic E-state index is 12.2. The van der Waals surface area contributed by atoms with Crippen LogP contribution < -0.4 is 0 Å². The molecule has 1 aliphatic rings. The first-order valence-corrected chi connectivity index (χ1v) is 6.82. The van der Waals surface area contributed by atoms with Crippen LogP contribution in [0.15, 0.2) is 24.4 Å². The molecule has 18 heavy (non-hydrogen) atoms. The zero-order chi connectivity index (χ0) is 12.7. The summed E-state index contributed by atoms with van der Waals surface area (Å²) in [5.74, 6) is 0.950. The van der Waals surface area contributed by atoms with Crippen molar-refractivity contribution < 1.29 is 4.79 Å². The molecule has 2 aromatic rings. The number of aromatic nitrogens is 1. The minimum absolute atomic E-state index is 0.0495. The summed E-state index contributed by atoms with van der Waals surface area (Å²) in [4.78, 5) is 15.4. The molecule has 0 amide bonds. The van der Waals surface area contributed by atoms with Crippen LogP contribution in [0, 0.1) is 5.92 Å². The lowest BCUT2D eigenvalue weighted by atomic mass is 9.78. The molecule has 3 rings (SSSR count). The number of Topliss-reactive ketones (excluding diaryl/α,β-unsaturated/α-hetero) is 1. The van der Waals surface area contributed by atoms with Crippen molar-refractivity contribution in [1.82, 2.24) is 4.98 Å². The maximum Gasteiger partial charge on any atom is 0.140 e. The van der Waals surface area contributed by atoms with Gasteiger partial charge < -0.3 is 4.98 Å². The maximum atomic E-state index is 12.2. The Labute approximate surface area is 111 Å². The van der Waals surface area contributed by atoms with Crippen molar-refractivity contribution >= 4 is 28.3 Å². The lowest BCUT2D eigenvalue weighted by Gasteiger charge is -2.24. The lowest BCUT2D eigenvalue weighted by Crippen LogP contribution is -2.21. The number of benzene rings is 1. The number of H-pyrrole nitrogens is 1. The number of hydrogen-bond donors (Lipinski definition) is 1. The van der Waals surface area contributed by atoms with Crippen LogP contribution in [0.1, 0.15) is 37.7 Å². The third-order valence-electron chi connectivity index (χ3n) is 3.94. The van der Waals surface area contributed by atoms with Crippen LogP contribution in [0.5, 0.6) is 0 Å². The van der Waals surface area contributed by atoms with Crippen LogP contribution in [0.3, 0.4) is 0 Å². The molecule has 94 valence electrons. The van der Waals surface area contributed by atoms with E-state index in [1.54, 1.807) is 0 Å². The van der Waals surface area contributed by atoms with Crippen LogP contribution in [0.2, 0.25) is 5.02 Å². The zero-order valence-electron chi connectivity index (χ0n) is 10.4. The highest BCUT2D eigenvalue weighted by Crippen LogP contribution is 2.36. The molecule has 1 aromatic heterocycles. The number of ketones is 1. The van der Waals surface area contributed by atoms with Gasteiger partial charge >= 0.3 is 0 Å². The topological polar surface area (TPSA) is 32.9 Å². The lowest BCUT2D eigenvalue weighted by molar-refractivity contribution is -0.122. The second-order valence-corrected chi connectivity index (χ2v) is 5.78. The smallest absolute Gasteiger partial charge is 0.140 e. The third-order valence-corrected chi connectivity index (χ3v) is 4.17. The van der Waals surface area contributed by atoms with E-state index in [1.807, 2.05) is 24.4 Å². The average Bonchev–Trinajstić information content (AvgIpc) is 2.72. The summed E-state index contributed by atoms with van der Waals surface area (Å²) in [6.07, 6.45) is 4.76. The summed E-state index contributed by atoms with van der Waals surface area (Å²) < 4.78 is 0. The van der Waals surface area contributed by atoms with E-state index in [0.717, 1.165) is 34.3 Å². The molecular weight excluding hydrogens is 246 g/mol. The predicted molar refractivity (Wildman–Crippen MR) is 74.1 cm³/mol. The summed E-state index contributed by atoms with van der Waals surface area (Å²) in [5, 5.41) is 1.82. The van der Waals surface area contributed by atoms with Gasteiger partial charge in [-0.25, -0.2) is 0 Å². The molecule has 1 aromatic carbocycles. The quantitative estimate of drug-likeness (QED) is 0.816. The van der Waals surface area contributed by atoms with Crippen molar-refractivity contribution in [1.29, 1.82) is 0 Å². The Kier molecular flexibility index (Phi) is 2.90. The number of carbonyl (C=O) groups excluding carboxylic acids is 1. The first-order chi connectivity index (χ1) is 8.65. The normalized spacial score (nSPS) is 24.7. The van der Waals surface area contributed by atoms with Gasteiger partial charge in [-0.15, -0.1) is 0 Å². The number of nitrogens with one attached hydrogen (secondary N) is 1. The van der Waals surface area contributed by atoms with Gasteiger partial charge in [-0.2, -0.15) is 0 Å². The van der Waals surface area contributed by atoms with Gasteiger partial charge in [0.05, 0.1) is 0 Å². The largest absolute Gasteiger partial charge is 0.361 e. The number of hydrogen-bond acceptors (Lipinski definition) is 1. The molecule has 0 saturated heterocycles. The standard InChI is InChI=1S/C15H16ClNO/c1-9-2-4-11(15(18)6-9)13-8-17-14-5-3-10(16)7-12(13)14/h3,5,7-9,11,17H,2,4,6H2,1H3/t9-,11-/m1/s1. The molecule has 2 atom stereocenters. The summed E-state index contributed by atoms with van der Waals surface area (Å²) in [5.41, 5.74) is 2.17. The monoisotopic (exact) mass is 261 g/mol. The number of carbonyl (C=O) groups is 1. The summed E-state index contributed by atoms with van der Waals surface area (Å²) in [6.45, 7) is 2.15. The fourth-order valence-electron chi connectivity index (χ4n) is 2.93. The highest BCUT2D eigenvalue weighted by atomic mass is 35.5. The molecule has 1 aliphatic carbocycles. The number of rotatable bonds is 1. The van der Waals surface area contributed by atoms with Crippen molar-refractivity contribution in [2.45, 2.75) is 32.1 Å². The van der Waals surface area contributed by atoms with Gasteiger partial charge in [0.2, 0.25) is 0 Å². The molecule has 1 fully saturated rings. The fraction of sp³-hybridized carbons (Fsp3) is 0.400. The van der Waals surface area contributed by atoms with Gasteiger partial charge in [-0.05, 0) is 42.5 Å². The zero-order valence-corrected chi connectivity index (χ0v) is 11.1. The Morgan fingerprint density at radius 3 is 2.94 bits per heavy atom. The average molecular weight is 262 g/mol. The fourth-order valence-corrected chi connectivity index (χ4v) is 3.10. The SMILES string of the molecule is C[C@@H]1CC[C@H](c2c[nH]c3ccc(Cl)cc23)C(=O)C1. The third kappa shape index (κ3) is 1.95. The molecule has 1 N–H and O–H groups in total. The van der Waals surface area contributed by atoms with Crippen LogP contribution in [-0.2, 0) is 4.79 Å². The van der Waals surface area contributed by atoms with Crippen molar-refractivity contribution in [3.05, 3.63) is 35.0 Å². The van der Waals surface area contributed by atoms with E-state index in [4.69, 9.17) is 11.6 Å². The van der Waals surface area contributed by atoms with E-state index in [-0.39, 0.29) is 5.92 Å². The van der Waals surface area contributed by atoms with Crippen LogP contribution >= 0.6 is 11.6 Å². The van der Waals surface area contributed by atoms with Crippen molar-refractivity contribution in [2.75, 3.05) is 0 Å². The summed E-state index contributed by atoms with van der Waals surface area (Å²) in [6, 6.07) is 5.79. The highest BCUT2D eigenvalue weighted by Gasteiger charge is 2.29. The molecule has 1 heterocycles. The van der Waals surface area contributed by atoms with Crippen LogP contribution in [-0.4, -0.2) is 10.8 Å². The second-order valence-electron chi connectivity index (χ2n) is 5.34. The van der Waals surface area contributed by atoms with Crippen molar-refractivity contribution in [3.8, 4) is 0 Å². The summed E-state index contributed by atoms with van der Waals surface area (Å²) >= 11 is 6.05. The van der Waals surface area contributed by atoms with E-state index in [1.165, 1.54) is 0 Å². The van der Waals surface area contributed by atoms with Gasteiger partial charge in [0.1, 0.15) is 5.78 Å². The summed E-state index contributed by atoms with van der Waals surface area (Å²) in [7, 11) is 0. The predicted octanol–water partition coefficient (Wildman–Crippen LogP) is 4.29. The van der Waals surface area contributed by atoms with Crippen LogP contribution in [0.4, 0.5) is 0 Å². The number of halogens is 1. The molecular formula is C15H16ClNO. The Balaban J connectivity index is 2.04. The molecule has 0 bridgehead atoms. The minimum atomic E-state index is 0.0495. The molecule has 1 saturated carbocycles. The Bertz CT molecular complexity index is 602. The van der Waals surface area contributed by atoms with E-state index in [0.29, 0.717) is 18.1 Å². The van der Waals surface area contributed by atoms with Crippen LogP contribution in [0.25, 0.3) is 10.9 Å². The number of aromatic amines is 1. The van der Waals surface area contributed by atoms with E-state index < -0.39 is 0 Å². The first-order valence-electron chi connectivity index (χ1n) is 6.44. The van der Waals surface area contributed by atoms with Gasteiger partial charge in [0.15, 0.2) is 0 Å². The van der Waals surface area contributed by atoms with Gasteiger partial charge in [-0.1, -0.05) is 18.5 Å². The Morgan fingerprint density at radius 2 is 2.17 bits per heavy atom. The molecule has 3 heteroatoms. The first kappa shape index (κ1) is 11.8. The van der Waals surface area contributed by atoms with Gasteiger partial charge in [-0.3, -0.25) is 4.79 Å². The van der Waals surface area contributed by atoms with Gasteiger partial charge in [0.25, 0.3) is 0 Å². The van der Waals surface area contributed by atoms with E-state index in [2.05, 4.69) is 11.9 Å². The molecule has 0 aliphatic heterocycles. The van der Waals surface area contributed by atoms with E-state index in [9.17, 15) is 4.79 Å². The molecule has 0 radical (unpaired) electrons. The highest BCUT2D eigenvalue weighted by molar-refractivity contribution is 6.31. The van der Waals surface area contributed by atoms with Crippen molar-refractivity contribution in [2.24, 2.45) is 5.92 Å². The van der Waals surface area contributed by atoms with E-state index >= 15 is 0 Å². The van der Waals surface area contributed by atoms with Gasteiger partial charge in [0, 0.05) is 34.5 Å². The Morgan fingerprint density at radius 1 is 1.33 bits per heavy atom.